The first-order valence-electron chi connectivity index (χ1n) is 9.17. The lowest BCUT2D eigenvalue weighted by Crippen LogP contribution is -2.19. The summed E-state index contributed by atoms with van der Waals surface area (Å²) in [6.45, 7) is 2.41. The predicted octanol–water partition coefficient (Wildman–Crippen LogP) is 6.76. The number of ether oxygens (including phenoxy) is 1. The highest BCUT2D eigenvalue weighted by Gasteiger charge is 2.30. The van der Waals surface area contributed by atoms with Crippen LogP contribution in [0, 0.1) is 0 Å². The molecule has 0 aliphatic heterocycles. The smallest absolute Gasteiger partial charge is 0.199 e. The minimum Gasteiger partial charge on any atom is -0.490 e. The van der Waals surface area contributed by atoms with Crippen molar-refractivity contribution in [2.75, 3.05) is 6.61 Å². The normalized spacial score (nSPS) is 14.3. The first kappa shape index (κ1) is 21.0. The van der Waals surface area contributed by atoms with E-state index in [2.05, 4.69) is 0 Å². The van der Waals surface area contributed by atoms with E-state index < -0.39 is 0 Å². The van der Waals surface area contributed by atoms with Gasteiger partial charge in [-0.15, -0.1) is 0 Å². The van der Waals surface area contributed by atoms with Crippen LogP contribution in [0.4, 0.5) is 0 Å². The van der Waals surface area contributed by atoms with Gasteiger partial charge in [0.1, 0.15) is 0 Å². The number of carbonyl (C=O) groups excluding carboxylic acids is 2. The molecular formula is C22H20Cl2O3S. The van der Waals surface area contributed by atoms with E-state index in [1.54, 1.807) is 12.1 Å². The Morgan fingerprint density at radius 1 is 1.11 bits per heavy atom. The molecule has 3 rings (SSSR count). The van der Waals surface area contributed by atoms with Crippen molar-refractivity contribution < 1.29 is 14.3 Å². The van der Waals surface area contributed by atoms with Gasteiger partial charge >= 0.3 is 0 Å². The number of Topliss-reactive ketones (excluding diaryl/α,β-unsaturated/α-hetero) is 2. The molecule has 0 amide bonds. The summed E-state index contributed by atoms with van der Waals surface area (Å²) in [7, 11) is 0. The van der Waals surface area contributed by atoms with Crippen LogP contribution in [0.3, 0.4) is 0 Å². The van der Waals surface area contributed by atoms with E-state index in [0.29, 0.717) is 24.5 Å². The summed E-state index contributed by atoms with van der Waals surface area (Å²) in [4.78, 5) is 27.7. The summed E-state index contributed by atoms with van der Waals surface area (Å²) in [6, 6.07) is 12.9. The highest BCUT2D eigenvalue weighted by Crippen LogP contribution is 2.40. The molecule has 0 heterocycles. The molecule has 2 aromatic carbocycles. The second kappa shape index (κ2) is 9.64. The van der Waals surface area contributed by atoms with Gasteiger partial charge in [0, 0.05) is 21.8 Å². The second-order valence-electron chi connectivity index (χ2n) is 6.41. The van der Waals surface area contributed by atoms with Crippen LogP contribution in [-0.2, 0) is 4.79 Å². The number of ketones is 2. The van der Waals surface area contributed by atoms with Crippen molar-refractivity contribution in [1.29, 1.82) is 0 Å². The van der Waals surface area contributed by atoms with Gasteiger partial charge in [-0.3, -0.25) is 9.59 Å². The highest BCUT2D eigenvalue weighted by atomic mass is 35.5. The SMILES string of the molecule is CCCOc1c(Cl)ccc(C(=O)C2=C(Sc3ccccc3)CCCC2=O)c1Cl. The number of hydrogen-bond donors (Lipinski definition) is 0. The maximum atomic E-state index is 13.3. The standard InChI is InChI=1S/C22H20Cl2O3S/c1-2-13-27-22-16(23)12-11-15(20(22)24)21(26)19-17(25)9-6-10-18(19)28-14-7-4-3-5-8-14/h3-5,7-8,11-12H,2,6,9-10,13H2,1H3. The molecule has 28 heavy (non-hydrogen) atoms. The summed E-state index contributed by atoms with van der Waals surface area (Å²) in [5.74, 6) is -0.222. The Hall–Kier alpha value is -1.75. The molecule has 0 atom stereocenters. The monoisotopic (exact) mass is 434 g/mol. The van der Waals surface area contributed by atoms with Crippen LogP contribution in [0.25, 0.3) is 0 Å². The quantitative estimate of drug-likeness (QED) is 0.356. The Balaban J connectivity index is 2.01. The van der Waals surface area contributed by atoms with Gasteiger partial charge in [0.05, 0.1) is 22.2 Å². The van der Waals surface area contributed by atoms with Crippen molar-refractivity contribution >= 4 is 46.5 Å². The van der Waals surface area contributed by atoms with Crippen molar-refractivity contribution in [2.24, 2.45) is 0 Å². The number of carbonyl (C=O) groups is 2. The first-order chi connectivity index (χ1) is 13.5. The van der Waals surface area contributed by atoms with Crippen LogP contribution in [-0.4, -0.2) is 18.2 Å². The molecule has 0 unspecified atom stereocenters. The number of benzene rings is 2. The van der Waals surface area contributed by atoms with Crippen molar-refractivity contribution in [1.82, 2.24) is 0 Å². The molecular weight excluding hydrogens is 415 g/mol. The van der Waals surface area contributed by atoms with Gasteiger partial charge in [-0.1, -0.05) is 60.1 Å². The molecule has 0 saturated carbocycles. The summed E-state index contributed by atoms with van der Waals surface area (Å²) in [5.41, 5.74) is 0.472. The zero-order valence-electron chi connectivity index (χ0n) is 15.5. The number of allylic oxidation sites excluding steroid dienone is 2. The summed E-state index contributed by atoms with van der Waals surface area (Å²) < 4.78 is 5.62. The molecule has 1 aliphatic rings. The Labute approximate surface area is 179 Å². The van der Waals surface area contributed by atoms with Crippen LogP contribution >= 0.6 is 35.0 Å². The Bertz CT molecular complexity index is 923. The molecule has 146 valence electrons. The van der Waals surface area contributed by atoms with Crippen molar-refractivity contribution in [3.63, 3.8) is 0 Å². The van der Waals surface area contributed by atoms with E-state index in [1.165, 1.54) is 11.8 Å². The zero-order valence-corrected chi connectivity index (χ0v) is 17.8. The highest BCUT2D eigenvalue weighted by molar-refractivity contribution is 8.03. The van der Waals surface area contributed by atoms with E-state index in [-0.39, 0.29) is 33.5 Å². The molecule has 0 aromatic heterocycles. The van der Waals surface area contributed by atoms with Gasteiger partial charge < -0.3 is 4.74 Å². The van der Waals surface area contributed by atoms with Crippen LogP contribution < -0.4 is 4.74 Å². The molecule has 0 spiro atoms. The fraction of sp³-hybridized carbons (Fsp3) is 0.273. The molecule has 3 nitrogen and oxygen atoms in total. The van der Waals surface area contributed by atoms with Crippen LogP contribution in [0.1, 0.15) is 43.0 Å². The fourth-order valence-electron chi connectivity index (χ4n) is 2.98. The number of thioether (sulfide) groups is 1. The van der Waals surface area contributed by atoms with Crippen molar-refractivity contribution in [3.05, 3.63) is 68.6 Å². The third-order valence-electron chi connectivity index (χ3n) is 4.32. The molecule has 0 fully saturated rings. The minimum absolute atomic E-state index is 0.142. The van der Waals surface area contributed by atoms with Gasteiger partial charge in [-0.25, -0.2) is 0 Å². The van der Waals surface area contributed by atoms with Gasteiger partial charge in [-0.2, -0.15) is 0 Å². The lowest BCUT2D eigenvalue weighted by Gasteiger charge is -2.19. The van der Waals surface area contributed by atoms with Crippen molar-refractivity contribution in [2.45, 2.75) is 37.5 Å². The van der Waals surface area contributed by atoms with Gasteiger partial charge in [0.2, 0.25) is 0 Å². The zero-order chi connectivity index (χ0) is 20.1. The average molecular weight is 435 g/mol. The molecule has 0 radical (unpaired) electrons. The van der Waals surface area contributed by atoms with Crippen LogP contribution in [0.15, 0.2) is 57.8 Å². The van der Waals surface area contributed by atoms with Gasteiger partial charge in [-0.05, 0) is 43.5 Å². The number of rotatable bonds is 7. The van der Waals surface area contributed by atoms with E-state index in [1.807, 2.05) is 37.3 Å². The maximum absolute atomic E-state index is 13.3. The van der Waals surface area contributed by atoms with Crippen LogP contribution in [0.5, 0.6) is 5.75 Å². The molecule has 0 bridgehead atoms. The molecule has 2 aromatic rings. The number of hydrogen-bond acceptors (Lipinski definition) is 4. The lowest BCUT2D eigenvalue weighted by atomic mass is 9.91. The van der Waals surface area contributed by atoms with Crippen LogP contribution in [0.2, 0.25) is 10.0 Å². The molecule has 6 heteroatoms. The third kappa shape index (κ3) is 4.62. The average Bonchev–Trinajstić information content (AvgIpc) is 2.68. The molecule has 1 aliphatic carbocycles. The minimum atomic E-state index is -0.369. The largest absolute Gasteiger partial charge is 0.490 e. The summed E-state index contributed by atoms with van der Waals surface area (Å²) in [5, 5.41) is 0.499. The summed E-state index contributed by atoms with van der Waals surface area (Å²) >= 11 is 14.1. The Morgan fingerprint density at radius 2 is 1.86 bits per heavy atom. The Kier molecular flexibility index (Phi) is 7.22. The maximum Gasteiger partial charge on any atom is 0.199 e. The lowest BCUT2D eigenvalue weighted by molar-refractivity contribution is -0.115. The molecule has 0 N–H and O–H groups in total. The summed E-state index contributed by atoms with van der Waals surface area (Å²) in [6.07, 6.45) is 2.58. The second-order valence-corrected chi connectivity index (χ2v) is 8.36. The van der Waals surface area contributed by atoms with Gasteiger partial charge in [0.15, 0.2) is 17.3 Å². The third-order valence-corrected chi connectivity index (χ3v) is 6.16. The van der Waals surface area contributed by atoms with E-state index >= 15 is 0 Å². The fourth-order valence-corrected chi connectivity index (χ4v) is 4.68. The van der Waals surface area contributed by atoms with E-state index in [4.69, 9.17) is 27.9 Å². The predicted molar refractivity (Wildman–Crippen MR) is 115 cm³/mol. The van der Waals surface area contributed by atoms with Gasteiger partial charge in [0.25, 0.3) is 0 Å². The van der Waals surface area contributed by atoms with Crippen molar-refractivity contribution in [3.8, 4) is 5.75 Å². The Morgan fingerprint density at radius 3 is 2.57 bits per heavy atom. The van der Waals surface area contributed by atoms with E-state index in [9.17, 15) is 9.59 Å². The number of halogens is 2. The molecule has 0 saturated heterocycles. The topological polar surface area (TPSA) is 43.4 Å². The van der Waals surface area contributed by atoms with E-state index in [0.717, 1.165) is 22.6 Å². The first-order valence-corrected chi connectivity index (χ1v) is 10.7.